The van der Waals surface area contributed by atoms with Crippen LogP contribution in [0, 0.1) is 0 Å². The molecule has 0 saturated carbocycles. The molecular weight excluding hydrogens is 348 g/mol. The Bertz CT molecular complexity index is 510. The summed E-state index contributed by atoms with van der Waals surface area (Å²) in [6.45, 7) is 4.95. The summed E-state index contributed by atoms with van der Waals surface area (Å²) in [6, 6.07) is 6.00. The van der Waals surface area contributed by atoms with Gasteiger partial charge in [-0.25, -0.2) is 0 Å². The highest BCUT2D eigenvalue weighted by molar-refractivity contribution is 7.98. The molecule has 0 aliphatic carbocycles. The van der Waals surface area contributed by atoms with Crippen LogP contribution in [0.3, 0.4) is 0 Å². The zero-order chi connectivity index (χ0) is 18.6. The number of nitrogens with zero attached hydrogens (tertiary/aromatic N) is 1. The van der Waals surface area contributed by atoms with Gasteiger partial charge in [0.1, 0.15) is 12.7 Å². The number of methoxy groups -OCH3 is 1. The number of hydrogen-bond donors (Lipinski definition) is 2. The average molecular weight is 383 g/mol. The monoisotopic (exact) mass is 382 g/mol. The maximum absolute atomic E-state index is 10.3. The molecule has 0 bridgehead atoms. The van der Waals surface area contributed by atoms with Crippen molar-refractivity contribution in [1.29, 1.82) is 0 Å². The molecule has 148 valence electrons. The summed E-state index contributed by atoms with van der Waals surface area (Å²) in [5, 5.41) is 13.8. The molecule has 1 heterocycles. The van der Waals surface area contributed by atoms with E-state index < -0.39 is 6.10 Å². The molecule has 6 heteroatoms. The number of β-amino-alcohol motifs (C(OH)–C–C–N with tert-alkyl or cyclic N) is 1. The first kappa shape index (κ1) is 21.4. The van der Waals surface area contributed by atoms with E-state index >= 15 is 0 Å². The van der Waals surface area contributed by atoms with E-state index in [1.165, 1.54) is 31.4 Å². The van der Waals surface area contributed by atoms with E-state index in [0.717, 1.165) is 31.7 Å². The number of thioether (sulfide) groups is 1. The lowest BCUT2D eigenvalue weighted by atomic mass is 10.1. The lowest BCUT2D eigenvalue weighted by Crippen LogP contribution is -2.38. The van der Waals surface area contributed by atoms with Crippen LogP contribution in [0.1, 0.15) is 31.2 Å². The average Bonchev–Trinajstić information content (AvgIpc) is 2.67. The first-order chi connectivity index (χ1) is 12.7. The highest BCUT2D eigenvalue weighted by Crippen LogP contribution is 2.28. The molecule has 26 heavy (non-hydrogen) atoms. The zero-order valence-electron chi connectivity index (χ0n) is 16.2. The maximum Gasteiger partial charge on any atom is 0.161 e. The third kappa shape index (κ3) is 7.74. The van der Waals surface area contributed by atoms with Crippen molar-refractivity contribution in [3.8, 4) is 11.5 Å². The Morgan fingerprint density at radius 3 is 2.77 bits per heavy atom. The number of piperidine rings is 1. The van der Waals surface area contributed by atoms with E-state index in [0.29, 0.717) is 18.0 Å². The summed E-state index contributed by atoms with van der Waals surface area (Å²) in [7, 11) is 1.65. The predicted molar refractivity (Wildman–Crippen MR) is 109 cm³/mol. The lowest BCUT2D eigenvalue weighted by molar-refractivity contribution is 0.0608. The molecule has 1 aromatic carbocycles. The second kappa shape index (κ2) is 12.4. The van der Waals surface area contributed by atoms with Crippen LogP contribution in [0.25, 0.3) is 0 Å². The van der Waals surface area contributed by atoms with Gasteiger partial charge < -0.3 is 24.8 Å². The summed E-state index contributed by atoms with van der Waals surface area (Å²) in [4.78, 5) is 2.32. The molecule has 2 N–H and O–H groups in total. The van der Waals surface area contributed by atoms with Crippen molar-refractivity contribution in [3.05, 3.63) is 23.8 Å². The largest absolute Gasteiger partial charge is 0.493 e. The quantitative estimate of drug-likeness (QED) is 0.542. The van der Waals surface area contributed by atoms with Crippen LogP contribution in [-0.4, -0.2) is 68.0 Å². The third-order valence-corrected chi connectivity index (χ3v) is 5.30. The van der Waals surface area contributed by atoms with Gasteiger partial charge in [0.05, 0.1) is 7.11 Å². The van der Waals surface area contributed by atoms with E-state index in [9.17, 15) is 5.11 Å². The molecule has 0 amide bonds. The van der Waals surface area contributed by atoms with Crippen molar-refractivity contribution in [3.63, 3.8) is 0 Å². The van der Waals surface area contributed by atoms with Gasteiger partial charge in [0.15, 0.2) is 11.5 Å². The van der Waals surface area contributed by atoms with Crippen molar-refractivity contribution in [2.75, 3.05) is 51.9 Å². The van der Waals surface area contributed by atoms with Crippen LogP contribution in [0.2, 0.25) is 0 Å². The van der Waals surface area contributed by atoms with Crippen LogP contribution in [-0.2, 0) is 6.54 Å². The molecule has 1 aromatic rings. The molecule has 1 atom stereocenters. The van der Waals surface area contributed by atoms with E-state index in [1.807, 2.05) is 23.9 Å². The normalized spacial score (nSPS) is 16.4. The van der Waals surface area contributed by atoms with Crippen LogP contribution in [0.5, 0.6) is 11.5 Å². The van der Waals surface area contributed by atoms with E-state index in [4.69, 9.17) is 9.47 Å². The van der Waals surface area contributed by atoms with Gasteiger partial charge >= 0.3 is 0 Å². The Labute approximate surface area is 162 Å². The number of benzene rings is 1. The number of nitrogens with one attached hydrogen (secondary N) is 1. The van der Waals surface area contributed by atoms with Crippen LogP contribution in [0.4, 0.5) is 0 Å². The molecular formula is C20H34N2O3S. The lowest BCUT2D eigenvalue weighted by Gasteiger charge is -2.28. The van der Waals surface area contributed by atoms with Crippen LogP contribution >= 0.6 is 11.8 Å². The van der Waals surface area contributed by atoms with Gasteiger partial charge in [0, 0.05) is 13.1 Å². The molecule has 0 unspecified atom stereocenters. The first-order valence-electron chi connectivity index (χ1n) is 9.62. The van der Waals surface area contributed by atoms with Crippen molar-refractivity contribution < 1.29 is 14.6 Å². The number of aliphatic hydroxyl groups excluding tert-OH is 1. The minimum atomic E-state index is -0.480. The fourth-order valence-electron chi connectivity index (χ4n) is 3.20. The first-order valence-corrected chi connectivity index (χ1v) is 11.0. The number of hydrogen-bond acceptors (Lipinski definition) is 6. The summed E-state index contributed by atoms with van der Waals surface area (Å²) in [6.07, 6.45) is 6.58. The highest BCUT2D eigenvalue weighted by atomic mass is 32.2. The molecule has 2 rings (SSSR count). The highest BCUT2D eigenvalue weighted by Gasteiger charge is 2.16. The minimum Gasteiger partial charge on any atom is -0.493 e. The number of ether oxygens (including phenoxy) is 2. The number of likely N-dealkylation sites (tertiary alicyclic amines) is 1. The Hall–Kier alpha value is -0.950. The standard InChI is InChI=1S/C20H34N2O3S/c1-24-19-8-7-17(14-21-9-6-12-26-2)13-20(19)25-16-18(23)15-22-10-4-3-5-11-22/h7-8,13,18,21,23H,3-6,9-12,14-16H2,1-2H3/t18-/m1/s1. The molecule has 0 radical (unpaired) electrons. The van der Waals surface area contributed by atoms with Gasteiger partial charge in [0.2, 0.25) is 0 Å². The summed E-state index contributed by atoms with van der Waals surface area (Å²) < 4.78 is 11.3. The predicted octanol–water partition coefficient (Wildman–Crippen LogP) is 2.76. The summed E-state index contributed by atoms with van der Waals surface area (Å²) in [5.74, 6) is 2.59. The smallest absolute Gasteiger partial charge is 0.161 e. The van der Waals surface area contributed by atoms with E-state index in [2.05, 4.69) is 22.5 Å². The SMILES string of the molecule is COc1ccc(CNCCCSC)cc1OC[C@H](O)CN1CCCCC1. The molecule has 1 aliphatic heterocycles. The molecule has 0 aromatic heterocycles. The Morgan fingerprint density at radius 2 is 2.04 bits per heavy atom. The summed E-state index contributed by atoms with van der Waals surface area (Å²) >= 11 is 1.87. The molecule has 1 saturated heterocycles. The van der Waals surface area contributed by atoms with Gasteiger partial charge in [-0.1, -0.05) is 12.5 Å². The van der Waals surface area contributed by atoms with Gasteiger partial charge in [-0.15, -0.1) is 0 Å². The van der Waals surface area contributed by atoms with E-state index in [1.54, 1.807) is 7.11 Å². The van der Waals surface area contributed by atoms with Gasteiger partial charge in [-0.3, -0.25) is 0 Å². The maximum atomic E-state index is 10.3. The van der Waals surface area contributed by atoms with Crippen molar-refractivity contribution in [2.45, 2.75) is 38.3 Å². The van der Waals surface area contributed by atoms with Gasteiger partial charge in [0.25, 0.3) is 0 Å². The number of aliphatic hydroxyl groups is 1. The van der Waals surface area contributed by atoms with Crippen molar-refractivity contribution in [2.24, 2.45) is 0 Å². The van der Waals surface area contributed by atoms with Crippen LogP contribution in [0.15, 0.2) is 18.2 Å². The van der Waals surface area contributed by atoms with Gasteiger partial charge in [-0.2, -0.15) is 11.8 Å². The van der Waals surface area contributed by atoms with Crippen LogP contribution < -0.4 is 14.8 Å². The Balaban J connectivity index is 1.80. The fraction of sp³-hybridized carbons (Fsp3) is 0.700. The second-order valence-corrected chi connectivity index (χ2v) is 7.82. The number of rotatable bonds is 12. The fourth-order valence-corrected chi connectivity index (χ4v) is 3.63. The van der Waals surface area contributed by atoms with E-state index in [-0.39, 0.29) is 6.61 Å². The van der Waals surface area contributed by atoms with Crippen molar-refractivity contribution in [1.82, 2.24) is 10.2 Å². The molecule has 5 nitrogen and oxygen atoms in total. The third-order valence-electron chi connectivity index (χ3n) is 4.61. The zero-order valence-corrected chi connectivity index (χ0v) is 17.0. The van der Waals surface area contributed by atoms with Crippen molar-refractivity contribution >= 4 is 11.8 Å². The molecule has 1 fully saturated rings. The second-order valence-electron chi connectivity index (χ2n) is 6.83. The molecule has 0 spiro atoms. The minimum absolute atomic E-state index is 0.289. The topological polar surface area (TPSA) is 54.0 Å². The summed E-state index contributed by atoms with van der Waals surface area (Å²) in [5.41, 5.74) is 1.16. The Kier molecular flexibility index (Phi) is 10.2. The molecule has 1 aliphatic rings. The van der Waals surface area contributed by atoms with Gasteiger partial charge in [-0.05, 0) is 68.6 Å². The Morgan fingerprint density at radius 1 is 1.23 bits per heavy atom.